The number of carbonyl (C=O) groups is 1. The van der Waals surface area contributed by atoms with Gasteiger partial charge in [-0.15, -0.1) is 0 Å². The van der Waals surface area contributed by atoms with E-state index in [-0.39, 0.29) is 36.7 Å². The first kappa shape index (κ1) is 28.2. The predicted molar refractivity (Wildman–Crippen MR) is 134 cm³/mol. The number of amides is 1. The zero-order valence-corrected chi connectivity index (χ0v) is 21.3. The van der Waals surface area contributed by atoms with E-state index in [4.69, 9.17) is 4.42 Å². The average molecular weight is 537 g/mol. The Kier molecular flexibility index (Phi) is 9.73. The number of nitrogens with zero attached hydrogens (tertiary/aromatic N) is 1. The second kappa shape index (κ2) is 12.7. The molecule has 1 heterocycles. The van der Waals surface area contributed by atoms with Crippen LogP contribution in [-0.4, -0.2) is 49.4 Å². The van der Waals surface area contributed by atoms with Gasteiger partial charge in [0.1, 0.15) is 17.9 Å². The Morgan fingerprint density at radius 1 is 1.11 bits per heavy atom. The zero-order chi connectivity index (χ0) is 27.0. The summed E-state index contributed by atoms with van der Waals surface area (Å²) in [6.07, 6.45) is 1.56. The van der Waals surface area contributed by atoms with Gasteiger partial charge in [0.05, 0.1) is 30.5 Å². The van der Waals surface area contributed by atoms with Crippen molar-refractivity contribution in [2.75, 3.05) is 17.5 Å². The molecule has 1 amide bonds. The number of aromatic nitrogens is 1. The van der Waals surface area contributed by atoms with Gasteiger partial charge < -0.3 is 20.2 Å². The fourth-order valence-corrected chi connectivity index (χ4v) is 4.16. The monoisotopic (exact) mass is 536 g/mol. The van der Waals surface area contributed by atoms with E-state index < -0.39 is 39.7 Å². The fraction of sp³-hybridized carbons (Fsp3) is 0.360. The quantitative estimate of drug-likeness (QED) is 0.263. The Morgan fingerprint density at radius 3 is 2.49 bits per heavy atom. The van der Waals surface area contributed by atoms with Crippen LogP contribution in [0.1, 0.15) is 29.3 Å². The lowest BCUT2D eigenvalue weighted by Crippen LogP contribution is -2.49. The summed E-state index contributed by atoms with van der Waals surface area (Å²) >= 11 is 0. The molecule has 2 aromatic carbocycles. The lowest BCUT2D eigenvalue weighted by atomic mass is 10.00. The van der Waals surface area contributed by atoms with Gasteiger partial charge in [0, 0.05) is 19.2 Å². The highest BCUT2D eigenvalue weighted by Gasteiger charge is 2.23. The molecule has 200 valence electrons. The molecule has 0 unspecified atom stereocenters. The number of rotatable bonds is 13. The molecule has 4 N–H and O–H groups in total. The van der Waals surface area contributed by atoms with Gasteiger partial charge in [0.2, 0.25) is 15.9 Å². The summed E-state index contributed by atoms with van der Waals surface area (Å²) in [7, 11) is -3.61. The number of carbonyl (C=O) groups excluding carboxylic acids is 1. The van der Waals surface area contributed by atoms with Gasteiger partial charge in [-0.2, -0.15) is 4.98 Å². The van der Waals surface area contributed by atoms with Gasteiger partial charge in [-0.1, -0.05) is 31.2 Å². The van der Waals surface area contributed by atoms with Crippen LogP contribution in [0.25, 0.3) is 0 Å². The second-order valence-corrected chi connectivity index (χ2v) is 10.5. The van der Waals surface area contributed by atoms with E-state index in [2.05, 4.69) is 33.3 Å². The van der Waals surface area contributed by atoms with Crippen molar-refractivity contribution in [3.63, 3.8) is 0 Å². The number of hydrogen-bond donors (Lipinski definition) is 4. The van der Waals surface area contributed by atoms with E-state index >= 15 is 0 Å². The minimum Gasteiger partial charge on any atom is -0.431 e. The summed E-state index contributed by atoms with van der Waals surface area (Å²) in [6, 6.07) is 9.84. The highest BCUT2D eigenvalue weighted by molar-refractivity contribution is 7.91. The van der Waals surface area contributed by atoms with Gasteiger partial charge >= 0.3 is 6.01 Å². The normalized spacial score (nSPS) is 13.2. The smallest absolute Gasteiger partial charge is 0.308 e. The number of halogens is 2. The summed E-state index contributed by atoms with van der Waals surface area (Å²) < 4.78 is 57.1. The van der Waals surface area contributed by atoms with Crippen LogP contribution in [0, 0.1) is 11.6 Å². The Morgan fingerprint density at radius 2 is 1.81 bits per heavy atom. The van der Waals surface area contributed by atoms with Crippen molar-refractivity contribution in [3.05, 3.63) is 82.7 Å². The summed E-state index contributed by atoms with van der Waals surface area (Å²) in [5.74, 6) is -2.08. The molecule has 1 aromatic heterocycles. The molecule has 0 saturated carbocycles. The fourth-order valence-electron chi connectivity index (χ4n) is 3.75. The largest absolute Gasteiger partial charge is 0.431 e. The van der Waals surface area contributed by atoms with Gasteiger partial charge in [-0.25, -0.2) is 21.9 Å². The molecule has 2 atom stereocenters. The van der Waals surface area contributed by atoms with E-state index in [0.717, 1.165) is 42.7 Å². The highest BCUT2D eigenvalue weighted by Crippen LogP contribution is 2.14. The third-order valence-electron chi connectivity index (χ3n) is 5.44. The minimum absolute atomic E-state index is 0.0334. The van der Waals surface area contributed by atoms with Crippen molar-refractivity contribution < 1.29 is 31.5 Å². The Bertz CT molecular complexity index is 1300. The molecule has 3 rings (SSSR count). The molecular weight excluding hydrogens is 506 g/mol. The van der Waals surface area contributed by atoms with Crippen LogP contribution in [-0.2, 0) is 40.6 Å². The number of aliphatic hydroxyl groups excluding tert-OH is 1. The zero-order valence-electron chi connectivity index (χ0n) is 20.5. The summed E-state index contributed by atoms with van der Waals surface area (Å²) in [6.45, 7) is 2.64. The van der Waals surface area contributed by atoms with Gasteiger partial charge in [-0.3, -0.25) is 4.79 Å². The number of nitrogens with one attached hydrogen (secondary N) is 3. The molecule has 0 bridgehead atoms. The number of hydrogen-bond acceptors (Lipinski definition) is 7. The SMILES string of the molecule is CCc1cccc(CNC[C@@H](O)[C@H](Cc2cc(F)cc(F)c2)NC(=O)Cc2coc(NS(C)(=O)=O)n2)c1. The molecule has 0 spiro atoms. The van der Waals surface area contributed by atoms with Crippen LogP contribution in [0.15, 0.2) is 53.1 Å². The van der Waals surface area contributed by atoms with E-state index in [9.17, 15) is 27.1 Å². The Balaban J connectivity index is 1.66. The third-order valence-corrected chi connectivity index (χ3v) is 5.98. The predicted octanol–water partition coefficient (Wildman–Crippen LogP) is 2.31. The molecule has 0 radical (unpaired) electrons. The molecule has 9 nitrogen and oxygen atoms in total. The van der Waals surface area contributed by atoms with Crippen LogP contribution in [0.5, 0.6) is 0 Å². The van der Waals surface area contributed by atoms with Crippen LogP contribution in [0.3, 0.4) is 0 Å². The number of benzene rings is 2. The minimum atomic E-state index is -3.61. The molecule has 0 aliphatic heterocycles. The van der Waals surface area contributed by atoms with E-state index in [1.54, 1.807) is 0 Å². The topological polar surface area (TPSA) is 134 Å². The summed E-state index contributed by atoms with van der Waals surface area (Å²) in [5, 5.41) is 16.7. The molecule has 0 fully saturated rings. The maximum absolute atomic E-state index is 13.7. The maximum Gasteiger partial charge on any atom is 0.308 e. The summed E-state index contributed by atoms with van der Waals surface area (Å²) in [5.41, 5.74) is 2.63. The molecule has 0 saturated heterocycles. The Hall–Kier alpha value is -3.35. The molecule has 0 aliphatic carbocycles. The highest BCUT2D eigenvalue weighted by atomic mass is 32.2. The number of aryl methyl sites for hydroxylation is 1. The number of aliphatic hydroxyl groups is 1. The van der Waals surface area contributed by atoms with Crippen molar-refractivity contribution in [2.24, 2.45) is 0 Å². The molecule has 3 aromatic rings. The van der Waals surface area contributed by atoms with Crippen molar-refractivity contribution in [1.82, 2.24) is 15.6 Å². The number of sulfonamides is 1. The first-order chi connectivity index (χ1) is 17.5. The van der Waals surface area contributed by atoms with Gasteiger partial charge in [0.25, 0.3) is 0 Å². The molecule has 0 aliphatic rings. The van der Waals surface area contributed by atoms with E-state index in [0.29, 0.717) is 6.54 Å². The second-order valence-electron chi connectivity index (χ2n) is 8.72. The van der Waals surface area contributed by atoms with Crippen LogP contribution in [0.4, 0.5) is 14.8 Å². The van der Waals surface area contributed by atoms with Crippen LogP contribution < -0.4 is 15.4 Å². The molecule has 37 heavy (non-hydrogen) atoms. The van der Waals surface area contributed by atoms with Gasteiger partial charge in [-0.05, 0) is 41.7 Å². The first-order valence-corrected chi connectivity index (χ1v) is 13.5. The summed E-state index contributed by atoms with van der Waals surface area (Å²) in [4.78, 5) is 16.6. The maximum atomic E-state index is 13.7. The number of anilines is 1. The van der Waals surface area contributed by atoms with E-state index in [1.807, 2.05) is 18.2 Å². The lowest BCUT2D eigenvalue weighted by Gasteiger charge is -2.25. The van der Waals surface area contributed by atoms with Crippen molar-refractivity contribution in [2.45, 2.75) is 44.9 Å². The van der Waals surface area contributed by atoms with Crippen molar-refractivity contribution in [1.29, 1.82) is 0 Å². The van der Waals surface area contributed by atoms with E-state index in [1.165, 1.54) is 5.56 Å². The Labute approximate surface area is 214 Å². The van der Waals surface area contributed by atoms with Crippen LogP contribution in [0.2, 0.25) is 0 Å². The molecule has 12 heteroatoms. The third kappa shape index (κ3) is 9.56. The standard InChI is InChI=1S/C25H30F2N4O5S/c1-3-16-5-4-6-17(7-16)13-28-14-23(32)22(10-18-8-19(26)11-20(27)9-18)30-24(33)12-21-15-36-25(29-21)31-37(2,34)35/h4-9,11,15,22-23,28,32H,3,10,12-14H2,1-2H3,(H,29,31)(H,30,33)/t22-,23+/m0/s1. The lowest BCUT2D eigenvalue weighted by molar-refractivity contribution is -0.122. The van der Waals surface area contributed by atoms with Crippen molar-refractivity contribution >= 4 is 21.9 Å². The average Bonchev–Trinajstić information content (AvgIpc) is 3.22. The first-order valence-electron chi connectivity index (χ1n) is 11.6. The molecular formula is C25H30F2N4O5S. The number of oxazole rings is 1. The van der Waals surface area contributed by atoms with Crippen molar-refractivity contribution in [3.8, 4) is 0 Å². The van der Waals surface area contributed by atoms with Gasteiger partial charge in [0.15, 0.2) is 0 Å². The van der Waals surface area contributed by atoms with Crippen LogP contribution >= 0.6 is 0 Å².